The van der Waals surface area contributed by atoms with Crippen LogP contribution in [0.5, 0.6) is 5.75 Å². The van der Waals surface area contributed by atoms with Crippen LogP contribution in [0.15, 0.2) is 54.6 Å². The Bertz CT molecular complexity index is 856. The van der Waals surface area contributed by atoms with E-state index in [1.54, 1.807) is 12.0 Å². The summed E-state index contributed by atoms with van der Waals surface area (Å²) < 4.78 is 5.15. The maximum absolute atomic E-state index is 12.8. The van der Waals surface area contributed by atoms with E-state index in [-0.39, 0.29) is 18.0 Å². The summed E-state index contributed by atoms with van der Waals surface area (Å²) in [5.41, 5.74) is 1.99. The molecule has 7 heteroatoms. The number of urea groups is 1. The second-order valence-electron chi connectivity index (χ2n) is 7.33. The topological polar surface area (TPSA) is 71.1 Å². The number of nitrogens with one attached hydrogen (secondary N) is 1. The van der Waals surface area contributed by atoms with E-state index in [9.17, 15) is 9.59 Å². The van der Waals surface area contributed by atoms with Crippen molar-refractivity contribution in [1.29, 1.82) is 0 Å². The highest BCUT2D eigenvalue weighted by Gasteiger charge is 2.47. The molecule has 0 aromatic heterocycles. The molecule has 152 valence electrons. The van der Waals surface area contributed by atoms with E-state index < -0.39 is 6.04 Å². The Labute approximate surface area is 170 Å². The molecular weight excluding hydrogens is 370 g/mol. The zero-order valence-electron chi connectivity index (χ0n) is 16.4. The average molecular weight is 395 g/mol. The predicted molar refractivity (Wildman–Crippen MR) is 107 cm³/mol. The van der Waals surface area contributed by atoms with Crippen molar-refractivity contribution in [1.82, 2.24) is 15.3 Å². The Balaban J connectivity index is 1.33. The SMILES string of the molecule is COc1ccc(CNC(=O)[C@@H]2CC[C@@H]3CN2C(=O)N3OCc2ccccc2)cc1. The van der Waals surface area contributed by atoms with Crippen LogP contribution in [-0.4, -0.2) is 47.6 Å². The molecule has 2 aliphatic rings. The number of fused-ring (bicyclic) bond motifs is 2. The van der Waals surface area contributed by atoms with Gasteiger partial charge in [-0.05, 0) is 36.1 Å². The Kier molecular flexibility index (Phi) is 5.67. The summed E-state index contributed by atoms with van der Waals surface area (Å²) in [4.78, 5) is 32.9. The van der Waals surface area contributed by atoms with Gasteiger partial charge in [0.15, 0.2) is 0 Å². The molecular formula is C22H25N3O4. The number of piperidine rings is 1. The van der Waals surface area contributed by atoms with Crippen LogP contribution >= 0.6 is 0 Å². The first-order chi connectivity index (χ1) is 14.2. The number of hydrogen-bond donors (Lipinski definition) is 1. The Morgan fingerprint density at radius 2 is 1.83 bits per heavy atom. The molecule has 4 rings (SSSR count). The van der Waals surface area contributed by atoms with Gasteiger partial charge >= 0.3 is 6.03 Å². The summed E-state index contributed by atoms with van der Waals surface area (Å²) in [5, 5.41) is 4.40. The molecule has 29 heavy (non-hydrogen) atoms. The van der Waals surface area contributed by atoms with Crippen LogP contribution in [0.4, 0.5) is 4.79 Å². The lowest BCUT2D eigenvalue weighted by Crippen LogP contribution is -2.49. The fourth-order valence-electron chi connectivity index (χ4n) is 3.84. The summed E-state index contributed by atoms with van der Waals surface area (Å²) in [6, 6.07) is 16.6. The Morgan fingerprint density at radius 3 is 2.55 bits per heavy atom. The van der Waals surface area contributed by atoms with Gasteiger partial charge in [0.25, 0.3) is 0 Å². The minimum atomic E-state index is -0.456. The number of hydroxylamine groups is 2. The molecule has 2 saturated heterocycles. The van der Waals surface area contributed by atoms with Crippen molar-refractivity contribution in [2.75, 3.05) is 13.7 Å². The van der Waals surface area contributed by atoms with Crippen molar-refractivity contribution in [2.45, 2.75) is 38.1 Å². The molecule has 0 aliphatic carbocycles. The van der Waals surface area contributed by atoms with Crippen LogP contribution < -0.4 is 10.1 Å². The lowest BCUT2D eigenvalue weighted by atomic mass is 10.0. The fourth-order valence-corrected chi connectivity index (χ4v) is 3.84. The van der Waals surface area contributed by atoms with Gasteiger partial charge in [-0.2, -0.15) is 5.06 Å². The molecule has 2 atom stereocenters. The van der Waals surface area contributed by atoms with E-state index >= 15 is 0 Å². The van der Waals surface area contributed by atoms with E-state index in [0.29, 0.717) is 26.1 Å². The van der Waals surface area contributed by atoms with Gasteiger partial charge in [-0.3, -0.25) is 9.63 Å². The molecule has 2 heterocycles. The number of methoxy groups -OCH3 is 1. The van der Waals surface area contributed by atoms with Crippen molar-refractivity contribution >= 4 is 11.9 Å². The van der Waals surface area contributed by atoms with Gasteiger partial charge in [-0.15, -0.1) is 0 Å². The van der Waals surface area contributed by atoms with E-state index in [4.69, 9.17) is 9.57 Å². The molecule has 0 saturated carbocycles. The standard InChI is InChI=1S/C22H25N3O4/c1-28-19-10-7-16(8-11-19)13-23-21(26)20-12-9-18-14-24(20)22(27)25(18)29-15-17-5-3-2-4-6-17/h2-8,10-11,18,20H,9,12-15H2,1H3,(H,23,26)/t18-,20+/m1/s1. The third kappa shape index (κ3) is 4.19. The first-order valence-electron chi connectivity index (χ1n) is 9.83. The highest BCUT2D eigenvalue weighted by Crippen LogP contribution is 2.30. The lowest BCUT2D eigenvalue weighted by Gasteiger charge is -2.29. The third-order valence-corrected chi connectivity index (χ3v) is 5.46. The van der Waals surface area contributed by atoms with Crippen molar-refractivity contribution < 1.29 is 19.2 Å². The predicted octanol–water partition coefficient (Wildman–Crippen LogP) is 2.71. The molecule has 2 fully saturated rings. The zero-order chi connectivity index (χ0) is 20.2. The summed E-state index contributed by atoms with van der Waals surface area (Å²) in [6.07, 6.45) is 1.38. The minimum absolute atomic E-state index is 0.00292. The van der Waals surface area contributed by atoms with E-state index in [2.05, 4.69) is 5.32 Å². The number of carbonyl (C=O) groups excluding carboxylic acids is 2. The minimum Gasteiger partial charge on any atom is -0.497 e. The number of carbonyl (C=O) groups is 2. The molecule has 0 unspecified atom stereocenters. The summed E-state index contributed by atoms with van der Waals surface area (Å²) >= 11 is 0. The van der Waals surface area contributed by atoms with Gasteiger partial charge in [0, 0.05) is 13.1 Å². The van der Waals surface area contributed by atoms with Crippen molar-refractivity contribution in [3.63, 3.8) is 0 Å². The quantitative estimate of drug-likeness (QED) is 0.783. The van der Waals surface area contributed by atoms with Gasteiger partial charge in [-0.1, -0.05) is 42.5 Å². The van der Waals surface area contributed by atoms with Gasteiger partial charge in [0.2, 0.25) is 5.91 Å². The van der Waals surface area contributed by atoms with Gasteiger partial charge < -0.3 is 15.0 Å². The molecule has 0 spiro atoms. The first kappa shape index (κ1) is 19.3. The van der Waals surface area contributed by atoms with Crippen LogP contribution in [0, 0.1) is 0 Å². The normalized spacial score (nSPS) is 20.7. The number of amides is 3. The van der Waals surface area contributed by atoms with E-state index in [1.807, 2.05) is 54.6 Å². The highest BCUT2D eigenvalue weighted by atomic mass is 16.7. The largest absolute Gasteiger partial charge is 0.497 e. The first-order valence-corrected chi connectivity index (χ1v) is 9.83. The maximum Gasteiger partial charge on any atom is 0.345 e. The number of nitrogens with zero attached hydrogens (tertiary/aromatic N) is 2. The molecule has 2 aromatic rings. The molecule has 3 amide bonds. The number of hydrogen-bond acceptors (Lipinski definition) is 4. The summed E-state index contributed by atoms with van der Waals surface area (Å²) in [6.45, 7) is 1.28. The summed E-state index contributed by atoms with van der Waals surface area (Å²) in [5.74, 6) is 0.647. The van der Waals surface area contributed by atoms with Crippen molar-refractivity contribution in [3.05, 3.63) is 65.7 Å². The second kappa shape index (κ2) is 8.53. The molecule has 2 aliphatic heterocycles. The van der Waals surface area contributed by atoms with Crippen LogP contribution in [0.1, 0.15) is 24.0 Å². The summed E-state index contributed by atoms with van der Waals surface area (Å²) in [7, 11) is 1.62. The van der Waals surface area contributed by atoms with Crippen LogP contribution in [0.25, 0.3) is 0 Å². The van der Waals surface area contributed by atoms with Crippen LogP contribution in [0.3, 0.4) is 0 Å². The van der Waals surface area contributed by atoms with E-state index in [0.717, 1.165) is 23.3 Å². The van der Waals surface area contributed by atoms with Gasteiger partial charge in [0.1, 0.15) is 18.4 Å². The fraction of sp³-hybridized carbons (Fsp3) is 0.364. The van der Waals surface area contributed by atoms with Gasteiger partial charge in [0.05, 0.1) is 13.2 Å². The second-order valence-corrected chi connectivity index (χ2v) is 7.33. The van der Waals surface area contributed by atoms with Crippen molar-refractivity contribution in [3.8, 4) is 5.75 Å². The van der Waals surface area contributed by atoms with Crippen LogP contribution in [0.2, 0.25) is 0 Å². The number of rotatable bonds is 7. The number of ether oxygens (including phenoxy) is 1. The molecule has 7 nitrogen and oxygen atoms in total. The monoisotopic (exact) mass is 395 g/mol. The van der Waals surface area contributed by atoms with Crippen molar-refractivity contribution in [2.24, 2.45) is 0 Å². The Hall–Kier alpha value is -3.06. The highest BCUT2D eigenvalue weighted by molar-refractivity contribution is 5.88. The molecule has 2 bridgehead atoms. The number of benzene rings is 2. The maximum atomic E-state index is 12.8. The Morgan fingerprint density at radius 1 is 1.07 bits per heavy atom. The van der Waals surface area contributed by atoms with Crippen LogP contribution in [-0.2, 0) is 22.8 Å². The molecule has 1 N–H and O–H groups in total. The molecule has 2 aromatic carbocycles. The average Bonchev–Trinajstić information content (AvgIpc) is 3.01. The zero-order valence-corrected chi connectivity index (χ0v) is 16.4. The third-order valence-electron chi connectivity index (χ3n) is 5.46. The van der Waals surface area contributed by atoms with E-state index in [1.165, 1.54) is 5.06 Å². The molecule has 0 radical (unpaired) electrons. The lowest BCUT2D eigenvalue weighted by molar-refractivity contribution is -0.140. The smallest absolute Gasteiger partial charge is 0.345 e. The van der Waals surface area contributed by atoms with Gasteiger partial charge in [-0.25, -0.2) is 4.79 Å².